The Morgan fingerprint density at radius 3 is 2.63 bits per heavy atom. The quantitative estimate of drug-likeness (QED) is 0.925. The highest BCUT2D eigenvalue weighted by Gasteiger charge is 2.33. The van der Waals surface area contributed by atoms with Crippen molar-refractivity contribution in [3.8, 4) is 11.5 Å². The van der Waals surface area contributed by atoms with Gasteiger partial charge in [-0.1, -0.05) is 0 Å². The SMILES string of the molecule is O=C(O)c1oc(-c2ccc(F)c(F)c2)nc1C1CC1. The Labute approximate surface area is 106 Å². The van der Waals surface area contributed by atoms with Gasteiger partial charge in [0, 0.05) is 11.5 Å². The maximum absolute atomic E-state index is 13.1. The third kappa shape index (κ3) is 2.09. The van der Waals surface area contributed by atoms with Crippen molar-refractivity contribution in [2.75, 3.05) is 0 Å². The van der Waals surface area contributed by atoms with E-state index in [0.717, 1.165) is 25.0 Å². The number of hydrogen-bond acceptors (Lipinski definition) is 3. The van der Waals surface area contributed by atoms with Crippen molar-refractivity contribution in [2.45, 2.75) is 18.8 Å². The van der Waals surface area contributed by atoms with Gasteiger partial charge in [0.2, 0.25) is 11.7 Å². The Kier molecular flexibility index (Phi) is 2.58. The molecule has 0 amide bonds. The molecule has 1 saturated carbocycles. The van der Waals surface area contributed by atoms with E-state index in [2.05, 4.69) is 4.98 Å². The Morgan fingerprint density at radius 1 is 1.32 bits per heavy atom. The molecule has 0 atom stereocenters. The molecule has 1 aliphatic carbocycles. The van der Waals surface area contributed by atoms with E-state index in [-0.39, 0.29) is 23.1 Å². The average Bonchev–Trinajstić information content (AvgIpc) is 3.11. The van der Waals surface area contributed by atoms with Gasteiger partial charge in [-0.05, 0) is 31.0 Å². The number of carboxylic acid groups (broad SMARTS) is 1. The molecule has 1 aromatic carbocycles. The maximum atomic E-state index is 13.1. The van der Waals surface area contributed by atoms with Crippen LogP contribution in [0.15, 0.2) is 22.6 Å². The van der Waals surface area contributed by atoms with Gasteiger partial charge in [0.25, 0.3) is 0 Å². The predicted molar refractivity (Wildman–Crippen MR) is 60.8 cm³/mol. The number of carbonyl (C=O) groups is 1. The summed E-state index contributed by atoms with van der Waals surface area (Å²) in [5.41, 5.74) is 0.598. The van der Waals surface area contributed by atoms with Gasteiger partial charge in [-0.2, -0.15) is 0 Å². The van der Waals surface area contributed by atoms with Gasteiger partial charge in [0.15, 0.2) is 11.6 Å². The standard InChI is InChI=1S/C13H9F2NO3/c14-8-4-3-7(5-9(8)15)12-16-10(6-1-2-6)11(19-12)13(17)18/h3-6H,1-2H2,(H,17,18). The number of aromatic carboxylic acids is 1. The smallest absolute Gasteiger partial charge is 0.373 e. The zero-order valence-corrected chi connectivity index (χ0v) is 9.69. The van der Waals surface area contributed by atoms with Gasteiger partial charge in [0.05, 0.1) is 5.69 Å². The fourth-order valence-electron chi connectivity index (χ4n) is 1.87. The number of nitrogens with zero attached hydrogens (tertiary/aromatic N) is 1. The van der Waals surface area contributed by atoms with Crippen LogP contribution >= 0.6 is 0 Å². The number of halogens is 2. The summed E-state index contributed by atoms with van der Waals surface area (Å²) < 4.78 is 31.1. The van der Waals surface area contributed by atoms with Crippen LogP contribution in [0.1, 0.15) is 35.0 Å². The van der Waals surface area contributed by atoms with Gasteiger partial charge < -0.3 is 9.52 Å². The van der Waals surface area contributed by atoms with Crippen LogP contribution in [0.2, 0.25) is 0 Å². The van der Waals surface area contributed by atoms with E-state index in [1.807, 2.05) is 0 Å². The van der Waals surface area contributed by atoms with E-state index in [9.17, 15) is 13.6 Å². The van der Waals surface area contributed by atoms with Crippen molar-refractivity contribution in [3.05, 3.63) is 41.3 Å². The fourth-order valence-corrected chi connectivity index (χ4v) is 1.87. The molecule has 98 valence electrons. The molecule has 0 spiro atoms. The zero-order valence-electron chi connectivity index (χ0n) is 9.69. The number of benzene rings is 1. The molecule has 1 aliphatic rings. The van der Waals surface area contributed by atoms with E-state index >= 15 is 0 Å². The molecule has 2 aromatic rings. The summed E-state index contributed by atoms with van der Waals surface area (Å²) >= 11 is 0. The second-order valence-corrected chi connectivity index (χ2v) is 4.44. The van der Waals surface area contributed by atoms with Crippen LogP contribution < -0.4 is 0 Å². The highest BCUT2D eigenvalue weighted by Crippen LogP contribution is 2.42. The molecular formula is C13H9F2NO3. The lowest BCUT2D eigenvalue weighted by molar-refractivity contribution is 0.0661. The summed E-state index contributed by atoms with van der Waals surface area (Å²) in [4.78, 5) is 15.1. The van der Waals surface area contributed by atoms with Crippen LogP contribution in [0.25, 0.3) is 11.5 Å². The number of aromatic nitrogens is 1. The van der Waals surface area contributed by atoms with Crippen molar-refractivity contribution in [2.24, 2.45) is 0 Å². The van der Waals surface area contributed by atoms with Crippen molar-refractivity contribution in [1.82, 2.24) is 4.98 Å². The molecule has 1 N–H and O–H groups in total. The summed E-state index contributed by atoms with van der Waals surface area (Å²) in [6.45, 7) is 0. The minimum Gasteiger partial charge on any atom is -0.475 e. The second-order valence-electron chi connectivity index (χ2n) is 4.44. The molecule has 0 saturated heterocycles. The minimum atomic E-state index is -1.21. The summed E-state index contributed by atoms with van der Waals surface area (Å²) in [7, 11) is 0. The molecule has 6 heteroatoms. The molecule has 0 bridgehead atoms. The highest BCUT2D eigenvalue weighted by molar-refractivity contribution is 5.86. The van der Waals surface area contributed by atoms with Crippen LogP contribution in [-0.4, -0.2) is 16.1 Å². The summed E-state index contributed by atoms with van der Waals surface area (Å²) in [6, 6.07) is 3.18. The first-order chi connectivity index (χ1) is 9.06. The first-order valence-electron chi connectivity index (χ1n) is 5.75. The third-order valence-electron chi connectivity index (χ3n) is 2.98. The molecule has 0 unspecified atom stereocenters. The molecule has 3 rings (SSSR count). The van der Waals surface area contributed by atoms with E-state index in [1.54, 1.807) is 0 Å². The van der Waals surface area contributed by atoms with Gasteiger partial charge in [0.1, 0.15) is 0 Å². The molecule has 1 aromatic heterocycles. The molecule has 1 fully saturated rings. The molecule has 1 heterocycles. The third-order valence-corrected chi connectivity index (χ3v) is 2.98. The lowest BCUT2D eigenvalue weighted by Crippen LogP contribution is -1.98. The number of carboxylic acids is 1. The van der Waals surface area contributed by atoms with Crippen LogP contribution in [-0.2, 0) is 0 Å². The number of rotatable bonds is 3. The topological polar surface area (TPSA) is 63.3 Å². The first kappa shape index (κ1) is 11.8. The molecule has 0 aliphatic heterocycles. The zero-order chi connectivity index (χ0) is 13.6. The van der Waals surface area contributed by atoms with Crippen LogP contribution in [0.4, 0.5) is 8.78 Å². The van der Waals surface area contributed by atoms with Crippen LogP contribution in [0.3, 0.4) is 0 Å². The second kappa shape index (κ2) is 4.15. The maximum Gasteiger partial charge on any atom is 0.373 e. The molecule has 4 nitrogen and oxygen atoms in total. The minimum absolute atomic E-state index is 0.00167. The van der Waals surface area contributed by atoms with Crippen LogP contribution in [0.5, 0.6) is 0 Å². The lowest BCUT2D eigenvalue weighted by atomic mass is 10.2. The van der Waals surface area contributed by atoms with E-state index in [0.29, 0.717) is 5.69 Å². The van der Waals surface area contributed by atoms with Crippen molar-refractivity contribution >= 4 is 5.97 Å². The Morgan fingerprint density at radius 2 is 2.05 bits per heavy atom. The summed E-state index contributed by atoms with van der Waals surface area (Å²) in [5, 5.41) is 9.03. The molecule has 0 radical (unpaired) electrons. The normalized spacial score (nSPS) is 14.6. The van der Waals surface area contributed by atoms with Crippen molar-refractivity contribution < 1.29 is 23.1 Å². The van der Waals surface area contributed by atoms with Gasteiger partial charge in [-0.3, -0.25) is 0 Å². The van der Waals surface area contributed by atoms with Gasteiger partial charge in [-0.25, -0.2) is 18.6 Å². The molecule has 19 heavy (non-hydrogen) atoms. The van der Waals surface area contributed by atoms with Gasteiger partial charge >= 0.3 is 5.97 Å². The Balaban J connectivity index is 2.07. The average molecular weight is 265 g/mol. The first-order valence-corrected chi connectivity index (χ1v) is 5.75. The van der Waals surface area contributed by atoms with Crippen molar-refractivity contribution in [1.29, 1.82) is 0 Å². The Bertz CT molecular complexity index is 662. The van der Waals surface area contributed by atoms with E-state index in [4.69, 9.17) is 9.52 Å². The van der Waals surface area contributed by atoms with Crippen molar-refractivity contribution in [3.63, 3.8) is 0 Å². The van der Waals surface area contributed by atoms with E-state index in [1.165, 1.54) is 6.07 Å². The summed E-state index contributed by atoms with van der Waals surface area (Å²) in [5.74, 6) is -3.34. The monoisotopic (exact) mass is 265 g/mol. The highest BCUT2D eigenvalue weighted by atomic mass is 19.2. The Hall–Kier alpha value is -2.24. The van der Waals surface area contributed by atoms with Crippen LogP contribution in [0, 0.1) is 11.6 Å². The number of oxazole rings is 1. The number of hydrogen-bond donors (Lipinski definition) is 1. The largest absolute Gasteiger partial charge is 0.475 e. The molecular weight excluding hydrogens is 256 g/mol. The van der Waals surface area contributed by atoms with Gasteiger partial charge in [-0.15, -0.1) is 0 Å². The summed E-state index contributed by atoms with van der Waals surface area (Å²) in [6.07, 6.45) is 1.73. The predicted octanol–water partition coefficient (Wildman–Crippen LogP) is 3.20. The lowest BCUT2D eigenvalue weighted by Gasteiger charge is -1.96. The fraction of sp³-hybridized carbons (Fsp3) is 0.231. The van der Waals surface area contributed by atoms with E-state index < -0.39 is 17.6 Å².